The Balaban J connectivity index is 1.58. The summed E-state index contributed by atoms with van der Waals surface area (Å²) < 4.78 is 1.36. The lowest BCUT2D eigenvalue weighted by molar-refractivity contribution is -0.121. The number of nitrogens with two attached hydrogens (primary N) is 1. The average Bonchev–Trinajstić information content (AvgIpc) is 2.98. The van der Waals surface area contributed by atoms with E-state index < -0.39 is 5.54 Å². The molecule has 1 aliphatic rings. The van der Waals surface area contributed by atoms with Gasteiger partial charge in [-0.1, -0.05) is 36.4 Å². The van der Waals surface area contributed by atoms with Crippen LogP contribution in [0.5, 0.6) is 0 Å². The number of nitrogens with zero attached hydrogens (tertiary/aromatic N) is 4. The van der Waals surface area contributed by atoms with Crippen molar-refractivity contribution in [2.45, 2.75) is 18.9 Å². The van der Waals surface area contributed by atoms with Crippen LogP contribution in [-0.4, -0.2) is 20.7 Å². The third-order valence-corrected chi connectivity index (χ3v) is 5.80. The number of aryl methyl sites for hydroxylation is 1. The van der Waals surface area contributed by atoms with Crippen molar-refractivity contribution in [3.05, 3.63) is 94.2 Å². The molecule has 0 radical (unpaired) electrons. The van der Waals surface area contributed by atoms with Gasteiger partial charge >= 0.3 is 0 Å². The number of fused-ring (bicyclic) bond motifs is 2. The first-order chi connectivity index (χ1) is 14.9. The molecule has 1 unspecified atom stereocenters. The van der Waals surface area contributed by atoms with Crippen molar-refractivity contribution in [1.82, 2.24) is 14.8 Å². The molecule has 0 spiro atoms. The number of aromatic nitrogens is 3. The second kappa shape index (κ2) is 6.85. The Hall–Kier alpha value is -3.84. The molecule has 31 heavy (non-hydrogen) atoms. The first-order valence-corrected chi connectivity index (χ1v) is 10.00. The first-order valence-electron chi connectivity index (χ1n) is 10.00. The van der Waals surface area contributed by atoms with Gasteiger partial charge in [0.1, 0.15) is 5.54 Å². The molecule has 3 heterocycles. The molecule has 0 bridgehead atoms. The zero-order chi connectivity index (χ0) is 21.8. The quantitative estimate of drug-likeness (QED) is 0.559. The zero-order valence-corrected chi connectivity index (χ0v) is 17.2. The van der Waals surface area contributed by atoms with Gasteiger partial charge in [-0.2, -0.15) is 5.10 Å². The molecule has 154 valence electrons. The molecule has 7 heteroatoms. The smallest absolute Gasteiger partial charge is 0.274 e. The molecule has 2 aromatic heterocycles. The topological polar surface area (TPSA) is 94.1 Å². The van der Waals surface area contributed by atoms with Crippen LogP contribution in [0.1, 0.15) is 23.7 Å². The number of para-hydroxylation sites is 1. The van der Waals surface area contributed by atoms with Crippen molar-refractivity contribution in [3.8, 4) is 0 Å². The lowest BCUT2D eigenvalue weighted by Crippen LogP contribution is -2.43. The Morgan fingerprint density at radius 1 is 1.00 bits per heavy atom. The highest BCUT2D eigenvalue weighted by Gasteiger charge is 2.45. The predicted octanol–water partition coefficient (Wildman–Crippen LogP) is 2.77. The number of hydrogen-bond acceptors (Lipinski definition) is 5. The van der Waals surface area contributed by atoms with Crippen molar-refractivity contribution < 1.29 is 4.79 Å². The molecule has 1 aliphatic heterocycles. The van der Waals surface area contributed by atoms with Gasteiger partial charge in [0.2, 0.25) is 0 Å². The van der Waals surface area contributed by atoms with E-state index in [0.717, 1.165) is 27.9 Å². The Morgan fingerprint density at radius 3 is 2.52 bits per heavy atom. The molecule has 7 nitrogen and oxygen atoms in total. The Bertz CT molecular complexity index is 1410. The summed E-state index contributed by atoms with van der Waals surface area (Å²) in [6.07, 6.45) is 3.88. The molecule has 0 aliphatic carbocycles. The molecule has 0 fully saturated rings. The summed E-state index contributed by atoms with van der Waals surface area (Å²) in [6.45, 7) is 1.73. The number of anilines is 2. The van der Waals surface area contributed by atoms with Crippen LogP contribution in [0, 0.1) is 0 Å². The van der Waals surface area contributed by atoms with Crippen molar-refractivity contribution in [1.29, 1.82) is 0 Å². The molecule has 1 atom stereocenters. The Kier molecular flexibility index (Phi) is 4.23. The molecule has 0 saturated heterocycles. The van der Waals surface area contributed by atoms with Gasteiger partial charge in [0.15, 0.2) is 0 Å². The van der Waals surface area contributed by atoms with E-state index in [4.69, 9.17) is 5.73 Å². The van der Waals surface area contributed by atoms with E-state index in [0.29, 0.717) is 17.5 Å². The fourth-order valence-corrected chi connectivity index (χ4v) is 4.21. The maximum Gasteiger partial charge on any atom is 0.274 e. The van der Waals surface area contributed by atoms with Gasteiger partial charge in [0.25, 0.3) is 11.5 Å². The highest BCUT2D eigenvalue weighted by Crippen LogP contribution is 2.42. The molecule has 1 amide bonds. The second-order valence-corrected chi connectivity index (χ2v) is 8.01. The minimum absolute atomic E-state index is 0.132. The fraction of sp³-hybridized carbons (Fsp3) is 0.167. The van der Waals surface area contributed by atoms with E-state index in [9.17, 15) is 9.59 Å². The monoisotopic (exact) mass is 411 g/mol. The number of benzene rings is 2. The first kappa shape index (κ1) is 19.1. The van der Waals surface area contributed by atoms with Gasteiger partial charge in [-0.3, -0.25) is 19.5 Å². The largest absolute Gasteiger partial charge is 0.314 e. The lowest BCUT2D eigenvalue weighted by atomic mass is 9.95. The van der Waals surface area contributed by atoms with Gasteiger partial charge in [0.05, 0.1) is 28.7 Å². The van der Waals surface area contributed by atoms with Crippen molar-refractivity contribution in [3.63, 3.8) is 0 Å². The third-order valence-electron chi connectivity index (χ3n) is 5.80. The molecule has 0 saturated carbocycles. The standard InChI is InChI=1S/C24H21N5O2/c1-24(25)19-9-5-6-10-21(19)29(23(24)31)16-11-15(13-26-14-16)12-20-17-7-3-4-8-18(17)22(30)28(2)27-20/h3-11,13-14H,12,25H2,1-2H3. The van der Waals surface area contributed by atoms with E-state index in [1.54, 1.807) is 37.3 Å². The van der Waals surface area contributed by atoms with Crippen LogP contribution in [0.4, 0.5) is 11.4 Å². The van der Waals surface area contributed by atoms with Gasteiger partial charge < -0.3 is 5.73 Å². The summed E-state index contributed by atoms with van der Waals surface area (Å²) in [4.78, 5) is 31.5. The third kappa shape index (κ3) is 2.93. The minimum Gasteiger partial charge on any atom is -0.314 e. The molecule has 5 rings (SSSR count). The van der Waals surface area contributed by atoms with E-state index in [1.165, 1.54) is 4.68 Å². The van der Waals surface area contributed by atoms with Crippen LogP contribution in [0.3, 0.4) is 0 Å². The maximum absolute atomic E-state index is 13.1. The van der Waals surface area contributed by atoms with Crippen LogP contribution in [-0.2, 0) is 23.8 Å². The summed E-state index contributed by atoms with van der Waals surface area (Å²) in [7, 11) is 1.65. The van der Waals surface area contributed by atoms with Crippen molar-refractivity contribution in [2.75, 3.05) is 4.90 Å². The van der Waals surface area contributed by atoms with Crippen LogP contribution in [0.25, 0.3) is 10.8 Å². The van der Waals surface area contributed by atoms with Gasteiger partial charge in [-0.05, 0) is 30.7 Å². The fourth-order valence-electron chi connectivity index (χ4n) is 4.21. The molecular weight excluding hydrogens is 390 g/mol. The summed E-state index contributed by atoms with van der Waals surface area (Å²) in [5, 5.41) is 5.91. The maximum atomic E-state index is 13.1. The van der Waals surface area contributed by atoms with Gasteiger partial charge in [-0.15, -0.1) is 0 Å². The van der Waals surface area contributed by atoms with Gasteiger partial charge in [-0.25, -0.2) is 4.68 Å². The zero-order valence-electron chi connectivity index (χ0n) is 17.2. The van der Waals surface area contributed by atoms with E-state index >= 15 is 0 Å². The predicted molar refractivity (Wildman–Crippen MR) is 119 cm³/mol. The summed E-state index contributed by atoms with van der Waals surface area (Å²) in [5.74, 6) is -0.196. The molecule has 2 N–H and O–H groups in total. The average molecular weight is 411 g/mol. The number of rotatable bonds is 3. The highest BCUT2D eigenvalue weighted by molar-refractivity contribution is 6.12. The second-order valence-electron chi connectivity index (χ2n) is 8.01. The van der Waals surface area contributed by atoms with E-state index in [1.807, 2.05) is 48.5 Å². The summed E-state index contributed by atoms with van der Waals surface area (Å²) in [6, 6.07) is 16.9. The Morgan fingerprint density at radius 2 is 1.71 bits per heavy atom. The molecular formula is C24H21N5O2. The van der Waals surface area contributed by atoms with Crippen LogP contribution in [0.15, 0.2) is 71.8 Å². The number of hydrogen-bond donors (Lipinski definition) is 1. The number of pyridine rings is 1. The normalized spacial score (nSPS) is 17.9. The minimum atomic E-state index is -1.10. The number of amides is 1. The number of carbonyl (C=O) groups excluding carboxylic acids is 1. The number of carbonyl (C=O) groups is 1. The van der Waals surface area contributed by atoms with E-state index in [-0.39, 0.29) is 11.5 Å². The van der Waals surface area contributed by atoms with Crippen LogP contribution < -0.4 is 16.2 Å². The summed E-state index contributed by atoms with van der Waals surface area (Å²) in [5.41, 5.74) is 8.99. The SMILES string of the molecule is Cn1nc(Cc2cncc(N3C(=O)C(C)(N)c4ccccc43)c2)c2ccccc2c1=O. The van der Waals surface area contributed by atoms with Crippen molar-refractivity contribution in [2.24, 2.45) is 12.8 Å². The van der Waals surface area contributed by atoms with Crippen LogP contribution in [0.2, 0.25) is 0 Å². The Labute approximate surface area is 178 Å². The highest BCUT2D eigenvalue weighted by atomic mass is 16.2. The van der Waals surface area contributed by atoms with E-state index in [2.05, 4.69) is 10.1 Å². The van der Waals surface area contributed by atoms with Crippen molar-refractivity contribution >= 4 is 28.1 Å². The van der Waals surface area contributed by atoms with Crippen LogP contribution >= 0.6 is 0 Å². The molecule has 2 aromatic carbocycles. The van der Waals surface area contributed by atoms with Gasteiger partial charge in [0, 0.05) is 30.6 Å². The lowest BCUT2D eigenvalue weighted by Gasteiger charge is -2.20. The summed E-state index contributed by atoms with van der Waals surface area (Å²) >= 11 is 0. The molecule has 4 aromatic rings.